The van der Waals surface area contributed by atoms with Crippen LogP contribution in [-0.2, 0) is 0 Å². The summed E-state index contributed by atoms with van der Waals surface area (Å²) in [5.74, 6) is 0. The molecule has 0 fully saturated rings. The SMILES string of the molecule is OC(C1=CCCC1)c1ccoc1. The van der Waals surface area contributed by atoms with E-state index in [4.69, 9.17) is 4.42 Å². The van der Waals surface area contributed by atoms with Crippen molar-refractivity contribution in [2.75, 3.05) is 0 Å². The zero-order chi connectivity index (χ0) is 8.39. The van der Waals surface area contributed by atoms with Gasteiger partial charge in [-0.25, -0.2) is 0 Å². The highest BCUT2D eigenvalue weighted by Gasteiger charge is 2.16. The lowest BCUT2D eigenvalue weighted by atomic mass is 10.0. The molecule has 0 radical (unpaired) electrons. The molecule has 2 nitrogen and oxygen atoms in total. The van der Waals surface area contributed by atoms with Crippen molar-refractivity contribution in [1.29, 1.82) is 0 Å². The maximum Gasteiger partial charge on any atom is 0.103 e. The molecule has 1 aromatic rings. The van der Waals surface area contributed by atoms with Crippen molar-refractivity contribution >= 4 is 0 Å². The van der Waals surface area contributed by atoms with Gasteiger partial charge in [0, 0.05) is 5.56 Å². The van der Waals surface area contributed by atoms with E-state index in [0.29, 0.717) is 0 Å². The van der Waals surface area contributed by atoms with Crippen molar-refractivity contribution < 1.29 is 9.52 Å². The van der Waals surface area contributed by atoms with E-state index in [9.17, 15) is 5.11 Å². The third-order valence-corrected chi connectivity index (χ3v) is 2.29. The van der Waals surface area contributed by atoms with Crippen molar-refractivity contribution in [3.8, 4) is 0 Å². The van der Waals surface area contributed by atoms with E-state index < -0.39 is 6.10 Å². The molecular weight excluding hydrogens is 152 g/mol. The summed E-state index contributed by atoms with van der Waals surface area (Å²) in [6.45, 7) is 0. The minimum Gasteiger partial charge on any atom is -0.472 e. The highest BCUT2D eigenvalue weighted by Crippen LogP contribution is 2.30. The predicted octanol–water partition coefficient (Wildman–Crippen LogP) is 2.42. The van der Waals surface area contributed by atoms with Gasteiger partial charge in [-0.3, -0.25) is 0 Å². The third-order valence-electron chi connectivity index (χ3n) is 2.29. The lowest BCUT2D eigenvalue weighted by Crippen LogP contribution is -1.97. The number of aliphatic hydroxyl groups excluding tert-OH is 1. The molecule has 0 saturated carbocycles. The van der Waals surface area contributed by atoms with Gasteiger partial charge >= 0.3 is 0 Å². The molecule has 1 aromatic heterocycles. The summed E-state index contributed by atoms with van der Waals surface area (Å²) in [6.07, 6.45) is 8.17. The number of furan rings is 1. The Morgan fingerprint density at radius 1 is 1.50 bits per heavy atom. The monoisotopic (exact) mass is 164 g/mol. The van der Waals surface area contributed by atoms with Crippen LogP contribution in [0.3, 0.4) is 0 Å². The maximum atomic E-state index is 9.78. The first-order valence-corrected chi connectivity index (χ1v) is 4.27. The molecule has 2 heteroatoms. The van der Waals surface area contributed by atoms with E-state index in [-0.39, 0.29) is 0 Å². The zero-order valence-corrected chi connectivity index (χ0v) is 6.86. The fourth-order valence-electron chi connectivity index (χ4n) is 1.59. The normalized spacial score (nSPS) is 19.2. The summed E-state index contributed by atoms with van der Waals surface area (Å²) in [4.78, 5) is 0. The summed E-state index contributed by atoms with van der Waals surface area (Å²) >= 11 is 0. The molecule has 0 saturated heterocycles. The Kier molecular flexibility index (Phi) is 2.00. The van der Waals surface area contributed by atoms with Crippen molar-refractivity contribution in [3.63, 3.8) is 0 Å². The molecule has 1 unspecified atom stereocenters. The Morgan fingerprint density at radius 2 is 2.42 bits per heavy atom. The van der Waals surface area contributed by atoms with Crippen LogP contribution in [0.1, 0.15) is 30.9 Å². The minimum absolute atomic E-state index is 0.439. The van der Waals surface area contributed by atoms with Gasteiger partial charge in [-0.1, -0.05) is 6.08 Å². The van der Waals surface area contributed by atoms with Crippen LogP contribution in [0.15, 0.2) is 34.7 Å². The van der Waals surface area contributed by atoms with E-state index in [2.05, 4.69) is 6.08 Å². The molecule has 1 atom stereocenters. The molecule has 64 valence electrons. The topological polar surface area (TPSA) is 33.4 Å². The van der Waals surface area contributed by atoms with E-state index >= 15 is 0 Å². The van der Waals surface area contributed by atoms with Gasteiger partial charge in [0.25, 0.3) is 0 Å². The fourth-order valence-corrected chi connectivity index (χ4v) is 1.59. The first kappa shape index (κ1) is 7.62. The molecule has 0 aromatic carbocycles. The van der Waals surface area contributed by atoms with Gasteiger partial charge in [-0.15, -0.1) is 0 Å². The molecule has 2 rings (SSSR count). The van der Waals surface area contributed by atoms with Crippen molar-refractivity contribution in [1.82, 2.24) is 0 Å². The average molecular weight is 164 g/mol. The van der Waals surface area contributed by atoms with Gasteiger partial charge in [0.2, 0.25) is 0 Å². The largest absolute Gasteiger partial charge is 0.472 e. The Bertz CT molecular complexity index is 272. The molecule has 1 aliphatic carbocycles. The van der Waals surface area contributed by atoms with Crippen LogP contribution in [0.4, 0.5) is 0 Å². The Morgan fingerprint density at radius 3 is 3.00 bits per heavy atom. The highest BCUT2D eigenvalue weighted by molar-refractivity contribution is 5.24. The summed E-state index contributed by atoms with van der Waals surface area (Å²) in [5.41, 5.74) is 2.00. The van der Waals surface area contributed by atoms with Crippen LogP contribution in [0.2, 0.25) is 0 Å². The van der Waals surface area contributed by atoms with E-state index in [1.807, 2.05) is 6.07 Å². The molecular formula is C10H12O2. The first-order chi connectivity index (χ1) is 5.88. The van der Waals surface area contributed by atoms with Gasteiger partial charge in [0.15, 0.2) is 0 Å². The molecule has 1 N–H and O–H groups in total. The molecule has 0 spiro atoms. The van der Waals surface area contributed by atoms with Crippen molar-refractivity contribution in [3.05, 3.63) is 35.8 Å². The molecule has 0 bridgehead atoms. The lowest BCUT2D eigenvalue weighted by Gasteiger charge is -2.08. The van der Waals surface area contributed by atoms with Gasteiger partial charge in [-0.2, -0.15) is 0 Å². The van der Waals surface area contributed by atoms with Crippen LogP contribution in [0.5, 0.6) is 0 Å². The van der Waals surface area contributed by atoms with Crippen LogP contribution >= 0.6 is 0 Å². The van der Waals surface area contributed by atoms with Gasteiger partial charge in [0.05, 0.1) is 12.5 Å². The van der Waals surface area contributed by atoms with Crippen molar-refractivity contribution in [2.24, 2.45) is 0 Å². The average Bonchev–Trinajstić information content (AvgIpc) is 2.77. The minimum atomic E-state index is -0.439. The van der Waals surface area contributed by atoms with Gasteiger partial charge in [0.1, 0.15) is 6.10 Å². The second kappa shape index (κ2) is 3.15. The summed E-state index contributed by atoms with van der Waals surface area (Å²) < 4.78 is 4.91. The van der Waals surface area contributed by atoms with Crippen molar-refractivity contribution in [2.45, 2.75) is 25.4 Å². The first-order valence-electron chi connectivity index (χ1n) is 4.27. The van der Waals surface area contributed by atoms with Crippen LogP contribution in [0.25, 0.3) is 0 Å². The number of aliphatic hydroxyl groups is 1. The summed E-state index contributed by atoms with van der Waals surface area (Å²) in [6, 6.07) is 1.81. The van der Waals surface area contributed by atoms with Crippen LogP contribution in [-0.4, -0.2) is 5.11 Å². The number of allylic oxidation sites excluding steroid dienone is 1. The number of hydrogen-bond acceptors (Lipinski definition) is 2. The summed E-state index contributed by atoms with van der Waals surface area (Å²) in [7, 11) is 0. The second-order valence-corrected chi connectivity index (χ2v) is 3.13. The quantitative estimate of drug-likeness (QED) is 0.681. The standard InChI is InChI=1S/C10H12O2/c11-10(8-3-1-2-4-8)9-5-6-12-7-9/h3,5-7,10-11H,1-2,4H2. The number of rotatable bonds is 2. The highest BCUT2D eigenvalue weighted by atomic mass is 16.3. The maximum absolute atomic E-state index is 9.78. The van der Waals surface area contributed by atoms with Crippen LogP contribution in [0, 0.1) is 0 Å². The van der Waals surface area contributed by atoms with E-state index in [1.165, 1.54) is 6.42 Å². The van der Waals surface area contributed by atoms with Gasteiger partial charge < -0.3 is 9.52 Å². The Hall–Kier alpha value is -1.02. The number of hydrogen-bond donors (Lipinski definition) is 1. The third kappa shape index (κ3) is 1.30. The Balaban J connectivity index is 2.14. The second-order valence-electron chi connectivity index (χ2n) is 3.13. The Labute approximate surface area is 71.5 Å². The molecule has 12 heavy (non-hydrogen) atoms. The lowest BCUT2D eigenvalue weighted by molar-refractivity contribution is 0.211. The van der Waals surface area contributed by atoms with E-state index in [0.717, 1.165) is 24.0 Å². The molecule has 1 aliphatic rings. The van der Waals surface area contributed by atoms with Gasteiger partial charge in [-0.05, 0) is 30.9 Å². The van der Waals surface area contributed by atoms with E-state index in [1.54, 1.807) is 12.5 Å². The smallest absolute Gasteiger partial charge is 0.103 e. The zero-order valence-electron chi connectivity index (χ0n) is 6.86. The molecule has 1 heterocycles. The predicted molar refractivity (Wildman–Crippen MR) is 45.6 cm³/mol. The fraction of sp³-hybridized carbons (Fsp3) is 0.400. The summed E-state index contributed by atoms with van der Waals surface area (Å²) in [5, 5.41) is 9.78. The molecule has 0 aliphatic heterocycles. The molecule has 0 amide bonds. The van der Waals surface area contributed by atoms with Crippen LogP contribution < -0.4 is 0 Å².